The molecule has 6 amide bonds. The van der Waals surface area contributed by atoms with Crippen LogP contribution in [0.25, 0.3) is 0 Å². The van der Waals surface area contributed by atoms with E-state index in [1.807, 2.05) is 79.7 Å². The number of nitrogens with zero attached hydrogens (tertiary/aromatic N) is 2. The lowest BCUT2D eigenvalue weighted by atomic mass is 9.66. The Morgan fingerprint density at radius 2 is 1.11 bits per heavy atom. The van der Waals surface area contributed by atoms with Gasteiger partial charge in [-0.25, -0.2) is 4.79 Å². The van der Waals surface area contributed by atoms with Crippen LogP contribution in [0, 0.1) is 22.7 Å². The zero-order chi connectivity index (χ0) is 51.9. The van der Waals surface area contributed by atoms with Gasteiger partial charge in [-0.2, -0.15) is 0 Å². The molecule has 9 N–H and O–H groups in total. The number of ether oxygens (including phenoxy) is 1. The molecule has 2 saturated heterocycles. The van der Waals surface area contributed by atoms with Crippen LogP contribution in [-0.2, 0) is 36.7 Å². The SMILES string of the molecule is CC(C)[C@@H](NC(=O)c1cccc(CC(N)=O)c1)C(=O)N1CC[C@](O)(c2ccc(Cl)cc2)C(C)(C)C1.CC(C)[C@@H](NC(=O)c1cccc(N)c1)C(=O)N1CC[C@](OC(N)=O)(c2ccc(Cl)cc2)C(C)(C)C1. The average molecular weight is 1000 g/mol. The molecule has 0 spiro atoms. The summed E-state index contributed by atoms with van der Waals surface area (Å²) in [7, 11) is 0. The van der Waals surface area contributed by atoms with E-state index in [-0.39, 0.29) is 36.0 Å². The number of primary amides is 2. The zero-order valence-corrected chi connectivity index (χ0v) is 42.7. The third kappa shape index (κ3) is 12.6. The van der Waals surface area contributed by atoms with Crippen molar-refractivity contribution in [3.8, 4) is 0 Å². The van der Waals surface area contributed by atoms with Crippen molar-refractivity contribution in [1.82, 2.24) is 20.4 Å². The van der Waals surface area contributed by atoms with E-state index < -0.39 is 52.0 Å². The van der Waals surface area contributed by atoms with Gasteiger partial charge >= 0.3 is 6.09 Å². The second kappa shape index (κ2) is 22.3. The van der Waals surface area contributed by atoms with Gasteiger partial charge in [0.05, 0.1) is 12.0 Å². The number of benzene rings is 4. The number of rotatable bonds is 13. The molecular weight excluding hydrogens is 934 g/mol. The smallest absolute Gasteiger partial charge is 0.405 e. The summed E-state index contributed by atoms with van der Waals surface area (Å²) in [5.74, 6) is -1.93. The summed E-state index contributed by atoms with van der Waals surface area (Å²) >= 11 is 12.1. The van der Waals surface area contributed by atoms with Crippen LogP contribution < -0.4 is 27.8 Å². The summed E-state index contributed by atoms with van der Waals surface area (Å²) in [5, 5.41) is 18.5. The van der Waals surface area contributed by atoms with Gasteiger partial charge in [0, 0.05) is 70.3 Å². The Labute approximate surface area is 420 Å². The van der Waals surface area contributed by atoms with E-state index in [0.29, 0.717) is 71.4 Å². The zero-order valence-electron chi connectivity index (χ0n) is 41.2. The van der Waals surface area contributed by atoms with Gasteiger partial charge in [0.1, 0.15) is 17.7 Å². The number of aliphatic hydroxyl groups is 1. The largest absolute Gasteiger partial charge is 0.437 e. The minimum atomic E-state index is -1.12. The number of likely N-dealkylation sites (tertiary alicyclic amines) is 2. The average Bonchev–Trinajstić information content (AvgIpc) is 3.28. The highest BCUT2D eigenvalue weighted by molar-refractivity contribution is 6.30. The van der Waals surface area contributed by atoms with Crippen LogP contribution in [0.4, 0.5) is 10.5 Å². The molecule has 376 valence electrons. The van der Waals surface area contributed by atoms with Crippen molar-refractivity contribution < 1.29 is 38.6 Å². The molecule has 4 aromatic rings. The Balaban J connectivity index is 0.000000261. The fourth-order valence-corrected chi connectivity index (χ4v) is 9.77. The molecule has 0 bridgehead atoms. The number of nitrogens with one attached hydrogen (secondary N) is 2. The molecule has 6 rings (SSSR count). The lowest BCUT2D eigenvalue weighted by molar-refractivity contribution is -0.156. The summed E-state index contributed by atoms with van der Waals surface area (Å²) in [6, 6.07) is 26.0. The molecular formula is C53H67Cl2N7O8. The molecule has 70 heavy (non-hydrogen) atoms. The van der Waals surface area contributed by atoms with E-state index >= 15 is 0 Å². The van der Waals surface area contributed by atoms with Crippen molar-refractivity contribution in [2.24, 2.45) is 34.1 Å². The minimum Gasteiger partial charge on any atom is -0.437 e. The van der Waals surface area contributed by atoms with E-state index in [9.17, 15) is 33.9 Å². The first kappa shape index (κ1) is 54.8. The van der Waals surface area contributed by atoms with Gasteiger partial charge in [-0.05, 0) is 89.5 Å². The monoisotopic (exact) mass is 999 g/mol. The first-order valence-electron chi connectivity index (χ1n) is 23.4. The molecule has 2 heterocycles. The van der Waals surface area contributed by atoms with E-state index in [4.69, 9.17) is 45.1 Å². The summed E-state index contributed by atoms with van der Waals surface area (Å²) in [4.78, 5) is 79.6. The molecule has 0 radical (unpaired) electrons. The van der Waals surface area contributed by atoms with E-state index in [2.05, 4.69) is 10.6 Å². The highest BCUT2D eigenvalue weighted by Gasteiger charge is 2.55. The summed E-state index contributed by atoms with van der Waals surface area (Å²) in [5.41, 5.74) is 16.4. The summed E-state index contributed by atoms with van der Waals surface area (Å²) in [6.07, 6.45) is -0.152. The van der Waals surface area contributed by atoms with Crippen LogP contribution in [-0.4, -0.2) is 88.8 Å². The van der Waals surface area contributed by atoms with Crippen molar-refractivity contribution in [3.63, 3.8) is 0 Å². The lowest BCUT2D eigenvalue weighted by Crippen LogP contribution is -2.61. The molecule has 0 aliphatic carbocycles. The van der Waals surface area contributed by atoms with Crippen LogP contribution in [0.5, 0.6) is 0 Å². The van der Waals surface area contributed by atoms with Crippen LogP contribution in [0.15, 0.2) is 97.1 Å². The maximum Gasteiger partial charge on any atom is 0.405 e. The third-order valence-corrected chi connectivity index (χ3v) is 14.1. The van der Waals surface area contributed by atoms with Crippen LogP contribution in [0.2, 0.25) is 10.0 Å². The molecule has 2 aliphatic rings. The van der Waals surface area contributed by atoms with Gasteiger partial charge in [0.15, 0.2) is 0 Å². The minimum absolute atomic E-state index is 0.0348. The van der Waals surface area contributed by atoms with Crippen molar-refractivity contribution in [3.05, 3.63) is 135 Å². The second-order valence-electron chi connectivity index (χ2n) is 20.3. The maximum absolute atomic E-state index is 13.6. The molecule has 2 aliphatic heterocycles. The van der Waals surface area contributed by atoms with Gasteiger partial charge in [0.25, 0.3) is 11.8 Å². The fourth-order valence-electron chi connectivity index (χ4n) is 9.52. The standard InChI is InChI=1S/C27H34ClN3O4.C26H33ClN4O4/c1-17(2)23(30-24(33)19-7-5-6-18(14-19)15-22(29)32)25(34)31-13-12-27(35,26(3,4)16-31)20-8-10-21(28)11-9-20;1-16(2)21(30-22(32)17-6-5-7-20(28)14-17)23(33)31-13-12-26(35-24(29)34,25(3,4)15-31)18-8-10-19(27)11-9-18/h5-11,14,17,23,35H,12-13,15-16H2,1-4H3,(H2,29,32)(H,30,33);5-11,14,16,21H,12-13,15,28H2,1-4H3,(H2,29,34)(H,30,32)/t23-,27+;21-,26+/m11/s1. The molecule has 0 saturated carbocycles. The van der Waals surface area contributed by atoms with Crippen molar-refractivity contribution in [2.75, 3.05) is 31.9 Å². The number of nitrogen functional groups attached to an aromatic ring is 1. The number of halogens is 2. The maximum atomic E-state index is 13.6. The summed E-state index contributed by atoms with van der Waals surface area (Å²) < 4.78 is 5.77. The van der Waals surface area contributed by atoms with Gasteiger partial charge in [-0.15, -0.1) is 0 Å². The first-order valence-corrected chi connectivity index (χ1v) is 24.1. The van der Waals surface area contributed by atoms with Crippen LogP contribution >= 0.6 is 23.2 Å². The quantitative estimate of drug-likeness (QED) is 0.0742. The number of nitrogens with two attached hydrogens (primary N) is 3. The predicted octanol–water partition coefficient (Wildman–Crippen LogP) is 7.19. The number of amides is 6. The van der Waals surface area contributed by atoms with Crippen LogP contribution in [0.1, 0.15) is 106 Å². The molecule has 17 heteroatoms. The first-order chi connectivity index (χ1) is 32.7. The number of carbonyl (C=O) groups excluding carboxylic acids is 6. The Morgan fingerprint density at radius 1 is 0.657 bits per heavy atom. The number of piperidine rings is 2. The molecule has 0 aromatic heterocycles. The topological polar surface area (TPSA) is 240 Å². The number of anilines is 1. The van der Waals surface area contributed by atoms with Gasteiger partial charge in [-0.1, -0.05) is 121 Å². The van der Waals surface area contributed by atoms with Gasteiger partial charge in [-0.3, -0.25) is 24.0 Å². The normalized spacial score (nSPS) is 20.3. The van der Waals surface area contributed by atoms with Crippen molar-refractivity contribution >= 4 is 64.5 Å². The lowest BCUT2D eigenvalue weighted by Gasteiger charge is -2.52. The van der Waals surface area contributed by atoms with Gasteiger partial charge in [0.2, 0.25) is 17.7 Å². The molecule has 4 aromatic carbocycles. The van der Waals surface area contributed by atoms with Crippen molar-refractivity contribution in [2.45, 2.75) is 97.9 Å². The van der Waals surface area contributed by atoms with E-state index in [0.717, 1.165) is 11.1 Å². The van der Waals surface area contributed by atoms with E-state index in [1.54, 1.807) is 82.6 Å². The molecule has 2 fully saturated rings. The van der Waals surface area contributed by atoms with Crippen molar-refractivity contribution in [1.29, 1.82) is 0 Å². The molecule has 15 nitrogen and oxygen atoms in total. The Bertz CT molecular complexity index is 2550. The number of hydrogen-bond acceptors (Lipinski definition) is 9. The van der Waals surface area contributed by atoms with Crippen LogP contribution in [0.3, 0.4) is 0 Å². The highest BCUT2D eigenvalue weighted by Crippen LogP contribution is 2.50. The fraction of sp³-hybridized carbons (Fsp3) is 0.434. The molecule has 0 unspecified atom stereocenters. The number of hydrogen-bond donors (Lipinski definition) is 6. The Hall–Kier alpha value is -6.16. The molecule has 4 atom stereocenters. The Kier molecular flexibility index (Phi) is 17.4. The third-order valence-electron chi connectivity index (χ3n) is 13.5. The Morgan fingerprint density at radius 3 is 1.56 bits per heavy atom. The second-order valence-corrected chi connectivity index (χ2v) is 21.1. The van der Waals surface area contributed by atoms with Gasteiger partial charge < -0.3 is 47.5 Å². The highest BCUT2D eigenvalue weighted by atomic mass is 35.5. The number of carbonyl (C=O) groups is 6. The van der Waals surface area contributed by atoms with E-state index in [1.165, 1.54) is 0 Å². The summed E-state index contributed by atoms with van der Waals surface area (Å²) in [6.45, 7) is 16.6. The predicted molar refractivity (Wildman–Crippen MR) is 271 cm³/mol.